The summed E-state index contributed by atoms with van der Waals surface area (Å²) in [6.07, 6.45) is 0. The molecule has 9 heteroatoms. The van der Waals surface area contributed by atoms with Crippen molar-refractivity contribution in [1.82, 2.24) is 0 Å². The molecule has 6 nitrogen and oxygen atoms in total. The number of halogens is 2. The molecule has 0 fully saturated rings. The predicted octanol–water partition coefficient (Wildman–Crippen LogP) is 3.98. The lowest BCUT2D eigenvalue weighted by Gasteiger charge is -2.06. The highest BCUT2D eigenvalue weighted by Gasteiger charge is 2.28. The van der Waals surface area contributed by atoms with Crippen LogP contribution in [-0.2, 0) is 9.53 Å². The molecule has 2 aromatic rings. The number of esters is 1. The molecule has 0 aliphatic carbocycles. The van der Waals surface area contributed by atoms with Gasteiger partial charge in [0.25, 0.3) is 0 Å². The molecule has 1 amide bonds. The number of ether oxygens (including phenoxy) is 1. The molecule has 0 spiro atoms. The first-order valence-corrected chi connectivity index (χ1v) is 8.92. The van der Waals surface area contributed by atoms with Crippen LogP contribution in [0.15, 0.2) is 27.5 Å². The summed E-state index contributed by atoms with van der Waals surface area (Å²) in [5.74, 6) is -3.58. The minimum absolute atomic E-state index is 0.0287. The molecule has 1 heterocycles. The first-order chi connectivity index (χ1) is 12.7. The Morgan fingerprint density at radius 3 is 2.52 bits per heavy atom. The third-order valence-electron chi connectivity index (χ3n) is 3.42. The van der Waals surface area contributed by atoms with Gasteiger partial charge in [0, 0.05) is 11.0 Å². The Morgan fingerprint density at radius 1 is 1.22 bits per heavy atom. The fourth-order valence-electron chi connectivity index (χ4n) is 2.35. The molecule has 1 aromatic carbocycles. The highest BCUT2D eigenvalue weighted by molar-refractivity contribution is 8.00. The van der Waals surface area contributed by atoms with E-state index in [1.165, 1.54) is 19.9 Å². The third kappa shape index (κ3) is 4.94. The monoisotopic (exact) mass is 397 g/mol. The number of aryl methyl sites for hydroxylation is 1. The van der Waals surface area contributed by atoms with Crippen LogP contribution in [0.5, 0.6) is 0 Å². The van der Waals surface area contributed by atoms with Gasteiger partial charge in [-0.1, -0.05) is 0 Å². The number of amides is 1. The van der Waals surface area contributed by atoms with Crippen molar-refractivity contribution in [2.24, 2.45) is 0 Å². The molecular formula is C18H17F2NO5S. The van der Waals surface area contributed by atoms with Crippen LogP contribution in [0.25, 0.3) is 0 Å². The Morgan fingerprint density at radius 2 is 1.93 bits per heavy atom. The van der Waals surface area contributed by atoms with Crippen LogP contribution in [0.2, 0.25) is 0 Å². The van der Waals surface area contributed by atoms with Crippen LogP contribution in [0.1, 0.15) is 40.3 Å². The van der Waals surface area contributed by atoms with Gasteiger partial charge in [0.1, 0.15) is 23.0 Å². The number of rotatable bonds is 7. The highest BCUT2D eigenvalue weighted by Crippen LogP contribution is 2.29. The van der Waals surface area contributed by atoms with Crippen LogP contribution in [0.4, 0.5) is 14.7 Å². The largest absolute Gasteiger partial charge is 0.462 e. The molecular weight excluding hydrogens is 380 g/mol. The number of hydrogen-bond donors (Lipinski definition) is 1. The molecule has 0 saturated carbocycles. The first-order valence-electron chi connectivity index (χ1n) is 7.93. The van der Waals surface area contributed by atoms with Crippen molar-refractivity contribution in [2.45, 2.75) is 25.7 Å². The number of Topliss-reactive ketones (excluding diaryl/α,β-unsaturated/α-hetero) is 1. The zero-order valence-corrected chi connectivity index (χ0v) is 15.7. The van der Waals surface area contributed by atoms with E-state index in [0.29, 0.717) is 6.07 Å². The van der Waals surface area contributed by atoms with Crippen molar-refractivity contribution < 1.29 is 32.3 Å². The normalized spacial score (nSPS) is 10.6. The van der Waals surface area contributed by atoms with Crippen LogP contribution in [0, 0.1) is 18.6 Å². The second kappa shape index (κ2) is 8.81. The zero-order chi connectivity index (χ0) is 20.1. The summed E-state index contributed by atoms with van der Waals surface area (Å²) in [7, 11) is 0. The number of anilines is 1. The molecule has 0 unspecified atom stereocenters. The maximum absolute atomic E-state index is 13.6. The van der Waals surface area contributed by atoms with Gasteiger partial charge in [-0.05, 0) is 32.9 Å². The fourth-order valence-corrected chi connectivity index (χ4v) is 3.07. The number of furan rings is 1. The minimum Gasteiger partial charge on any atom is -0.462 e. The maximum atomic E-state index is 13.6. The quantitative estimate of drug-likeness (QED) is 0.432. The lowest BCUT2D eigenvalue weighted by Crippen LogP contribution is -2.17. The maximum Gasteiger partial charge on any atom is 0.344 e. The average Bonchev–Trinajstić information content (AvgIpc) is 2.90. The van der Waals surface area contributed by atoms with Crippen molar-refractivity contribution in [2.75, 3.05) is 17.7 Å². The third-order valence-corrected chi connectivity index (χ3v) is 4.47. The summed E-state index contributed by atoms with van der Waals surface area (Å²) >= 11 is 0.846. The van der Waals surface area contributed by atoms with Crippen molar-refractivity contribution >= 4 is 35.3 Å². The van der Waals surface area contributed by atoms with Gasteiger partial charge in [-0.3, -0.25) is 14.9 Å². The molecule has 0 saturated heterocycles. The number of benzene rings is 1. The van der Waals surface area contributed by atoms with Crippen LogP contribution in [0.3, 0.4) is 0 Å². The summed E-state index contributed by atoms with van der Waals surface area (Å²) in [6.45, 7) is 4.43. The van der Waals surface area contributed by atoms with E-state index in [1.54, 1.807) is 6.92 Å². The second-order valence-corrected chi connectivity index (χ2v) is 6.44. The summed E-state index contributed by atoms with van der Waals surface area (Å²) in [5, 5.41) is 2.39. The summed E-state index contributed by atoms with van der Waals surface area (Å²) in [5.41, 5.74) is -0.130. The van der Waals surface area contributed by atoms with Gasteiger partial charge in [-0.25, -0.2) is 13.6 Å². The van der Waals surface area contributed by atoms with Gasteiger partial charge < -0.3 is 9.15 Å². The Bertz CT molecular complexity index is 894. The van der Waals surface area contributed by atoms with Gasteiger partial charge >= 0.3 is 5.97 Å². The van der Waals surface area contributed by atoms with E-state index >= 15 is 0 Å². The smallest absolute Gasteiger partial charge is 0.344 e. The first kappa shape index (κ1) is 20.6. The van der Waals surface area contributed by atoms with Crippen LogP contribution < -0.4 is 5.32 Å². The molecule has 0 aliphatic rings. The predicted molar refractivity (Wildman–Crippen MR) is 95.1 cm³/mol. The molecule has 1 aromatic heterocycles. The number of thioether (sulfide) groups is 1. The van der Waals surface area contributed by atoms with Crippen molar-refractivity contribution in [3.8, 4) is 0 Å². The number of nitrogens with one attached hydrogen (secondary N) is 1. The molecule has 2 rings (SSSR count). The number of hydrogen-bond acceptors (Lipinski definition) is 6. The van der Waals surface area contributed by atoms with Crippen molar-refractivity contribution in [3.05, 3.63) is 46.7 Å². The fraction of sp³-hybridized carbons (Fsp3) is 0.278. The lowest BCUT2D eigenvalue weighted by molar-refractivity contribution is -0.113. The molecule has 0 radical (unpaired) electrons. The summed E-state index contributed by atoms with van der Waals surface area (Å²) in [6, 6.07) is 3.02. The highest BCUT2D eigenvalue weighted by atomic mass is 32.2. The van der Waals surface area contributed by atoms with Crippen molar-refractivity contribution in [1.29, 1.82) is 0 Å². The summed E-state index contributed by atoms with van der Waals surface area (Å²) < 4.78 is 36.8. The van der Waals surface area contributed by atoms with Gasteiger partial charge in [-0.15, -0.1) is 11.8 Å². The molecule has 0 aliphatic heterocycles. The topological polar surface area (TPSA) is 85.6 Å². The molecule has 1 N–H and O–H groups in total. The van der Waals surface area contributed by atoms with Gasteiger partial charge in [0.05, 0.1) is 17.9 Å². The van der Waals surface area contributed by atoms with Gasteiger partial charge in [0.2, 0.25) is 11.8 Å². The molecule has 0 bridgehead atoms. The van der Waals surface area contributed by atoms with Crippen LogP contribution >= 0.6 is 11.8 Å². The SMILES string of the molecule is CCOC(=O)c1c(NC(=O)CSc2ccc(F)cc2F)oc(C)c1C(C)=O. The van der Waals surface area contributed by atoms with E-state index in [-0.39, 0.29) is 40.0 Å². The average molecular weight is 397 g/mol. The Hall–Kier alpha value is -2.68. The van der Waals surface area contributed by atoms with E-state index in [4.69, 9.17) is 9.15 Å². The van der Waals surface area contributed by atoms with Gasteiger partial charge in [-0.2, -0.15) is 0 Å². The lowest BCUT2D eigenvalue weighted by atomic mass is 10.1. The van der Waals surface area contributed by atoms with E-state index in [2.05, 4.69) is 5.32 Å². The molecule has 0 atom stereocenters. The minimum atomic E-state index is -0.799. The Labute approximate surface area is 158 Å². The second-order valence-electron chi connectivity index (χ2n) is 5.43. The number of ketones is 1. The van der Waals surface area contributed by atoms with Crippen molar-refractivity contribution in [3.63, 3.8) is 0 Å². The summed E-state index contributed by atoms with van der Waals surface area (Å²) in [4.78, 5) is 36.2. The van der Waals surface area contributed by atoms with E-state index in [1.807, 2.05) is 0 Å². The zero-order valence-electron chi connectivity index (χ0n) is 14.9. The van der Waals surface area contributed by atoms with Crippen LogP contribution in [-0.4, -0.2) is 30.0 Å². The number of carbonyl (C=O) groups is 3. The molecule has 27 heavy (non-hydrogen) atoms. The standard InChI is InChI=1S/C18H17F2NO5S/c1-4-25-18(24)16-15(9(2)22)10(3)26-17(16)21-14(23)8-27-13-6-5-11(19)7-12(13)20/h5-7H,4,8H2,1-3H3,(H,21,23). The molecule has 144 valence electrons. The van der Waals surface area contributed by atoms with E-state index in [0.717, 1.165) is 17.8 Å². The Balaban J connectivity index is 2.18. The number of carbonyl (C=O) groups excluding carboxylic acids is 3. The van der Waals surface area contributed by atoms with Gasteiger partial charge in [0.15, 0.2) is 5.78 Å². The Kier molecular flexibility index (Phi) is 6.73. The van der Waals surface area contributed by atoms with E-state index < -0.39 is 29.3 Å². The van der Waals surface area contributed by atoms with E-state index in [9.17, 15) is 23.2 Å².